The molecule has 2 aromatic carbocycles. The summed E-state index contributed by atoms with van der Waals surface area (Å²) in [6.45, 7) is 5.64. The van der Waals surface area contributed by atoms with Gasteiger partial charge < -0.3 is 15.4 Å². The van der Waals surface area contributed by atoms with E-state index in [1.807, 2.05) is 51.1 Å². The van der Waals surface area contributed by atoms with Gasteiger partial charge in [-0.05, 0) is 69.3 Å². The van der Waals surface area contributed by atoms with E-state index in [9.17, 15) is 9.59 Å². The van der Waals surface area contributed by atoms with E-state index >= 15 is 0 Å². The molecule has 0 atom stereocenters. The van der Waals surface area contributed by atoms with Crippen LogP contribution < -0.4 is 15.4 Å². The van der Waals surface area contributed by atoms with Crippen molar-refractivity contribution in [1.82, 2.24) is 10.3 Å². The van der Waals surface area contributed by atoms with Gasteiger partial charge >= 0.3 is 0 Å². The molecule has 3 rings (SSSR count). The molecule has 148 valence electrons. The third-order valence-corrected chi connectivity index (χ3v) is 3.83. The fraction of sp³-hybridized carbons (Fsp3) is 0.174. The van der Waals surface area contributed by atoms with Gasteiger partial charge in [-0.25, -0.2) is 0 Å². The molecule has 1 heterocycles. The summed E-state index contributed by atoms with van der Waals surface area (Å²) in [5.41, 5.74) is 0.774. The second kappa shape index (κ2) is 8.56. The van der Waals surface area contributed by atoms with Crippen molar-refractivity contribution in [3.05, 3.63) is 84.2 Å². The van der Waals surface area contributed by atoms with Crippen LogP contribution in [0.1, 0.15) is 41.6 Å². The monoisotopic (exact) mass is 389 g/mol. The summed E-state index contributed by atoms with van der Waals surface area (Å²) in [6, 6.07) is 19.6. The van der Waals surface area contributed by atoms with Crippen LogP contribution in [0.5, 0.6) is 11.5 Å². The first-order valence-corrected chi connectivity index (χ1v) is 9.23. The van der Waals surface area contributed by atoms with Crippen molar-refractivity contribution >= 4 is 17.5 Å². The Morgan fingerprint density at radius 3 is 2.17 bits per heavy atom. The number of benzene rings is 2. The first-order valence-electron chi connectivity index (χ1n) is 9.23. The molecular formula is C23H23N3O3. The van der Waals surface area contributed by atoms with E-state index in [0.717, 1.165) is 5.75 Å². The number of anilines is 1. The van der Waals surface area contributed by atoms with Gasteiger partial charge in [-0.3, -0.25) is 14.6 Å². The summed E-state index contributed by atoms with van der Waals surface area (Å²) < 4.78 is 5.74. The summed E-state index contributed by atoms with van der Waals surface area (Å²) in [5, 5.41) is 5.64. The highest BCUT2D eigenvalue weighted by Crippen LogP contribution is 2.23. The van der Waals surface area contributed by atoms with Crippen LogP contribution in [-0.4, -0.2) is 22.3 Å². The Hall–Kier alpha value is -3.67. The zero-order chi connectivity index (χ0) is 20.9. The van der Waals surface area contributed by atoms with Crippen LogP contribution in [0.4, 0.5) is 5.69 Å². The third-order valence-electron chi connectivity index (χ3n) is 3.83. The number of para-hydroxylation sites is 1. The lowest BCUT2D eigenvalue weighted by molar-refractivity contribution is 0.0914. The van der Waals surface area contributed by atoms with Crippen LogP contribution in [-0.2, 0) is 0 Å². The Morgan fingerprint density at radius 2 is 1.52 bits per heavy atom. The first-order chi connectivity index (χ1) is 13.8. The number of carbonyl (C=O) groups is 2. The quantitative estimate of drug-likeness (QED) is 0.665. The molecule has 3 aromatic rings. The molecule has 6 heteroatoms. The number of aromatic nitrogens is 1. The number of pyridine rings is 1. The van der Waals surface area contributed by atoms with Crippen molar-refractivity contribution in [3.63, 3.8) is 0 Å². The van der Waals surface area contributed by atoms with Crippen LogP contribution in [0.25, 0.3) is 0 Å². The summed E-state index contributed by atoms with van der Waals surface area (Å²) in [7, 11) is 0. The SMILES string of the molecule is CC(C)(C)NC(=O)c1cc(C(=O)Nc2ccc(Oc3ccccc3)cc2)ccn1. The molecule has 0 unspecified atom stereocenters. The summed E-state index contributed by atoms with van der Waals surface area (Å²) >= 11 is 0. The highest BCUT2D eigenvalue weighted by molar-refractivity contribution is 6.05. The number of hydrogen-bond donors (Lipinski definition) is 2. The molecule has 2 N–H and O–H groups in total. The molecule has 0 aliphatic rings. The Kier molecular flexibility index (Phi) is 5.93. The van der Waals surface area contributed by atoms with Gasteiger partial charge in [0.05, 0.1) is 0 Å². The van der Waals surface area contributed by atoms with Gasteiger partial charge in [0.1, 0.15) is 17.2 Å². The lowest BCUT2D eigenvalue weighted by atomic mass is 10.1. The van der Waals surface area contributed by atoms with E-state index in [-0.39, 0.29) is 23.0 Å². The molecule has 0 spiro atoms. The van der Waals surface area contributed by atoms with E-state index in [4.69, 9.17) is 4.74 Å². The fourth-order valence-corrected chi connectivity index (χ4v) is 2.53. The van der Waals surface area contributed by atoms with Crippen molar-refractivity contribution < 1.29 is 14.3 Å². The standard InChI is InChI=1S/C23H23N3O3/c1-23(2,3)26-22(28)20-15-16(13-14-24-20)21(27)25-17-9-11-19(12-10-17)29-18-7-5-4-6-8-18/h4-15H,1-3H3,(H,25,27)(H,26,28). The van der Waals surface area contributed by atoms with E-state index in [1.165, 1.54) is 12.3 Å². The predicted octanol–water partition coefficient (Wildman–Crippen LogP) is 4.65. The Morgan fingerprint density at radius 1 is 0.862 bits per heavy atom. The Bertz CT molecular complexity index is 994. The smallest absolute Gasteiger partial charge is 0.270 e. The van der Waals surface area contributed by atoms with Gasteiger partial charge in [-0.15, -0.1) is 0 Å². The topological polar surface area (TPSA) is 80.3 Å². The van der Waals surface area contributed by atoms with E-state index in [0.29, 0.717) is 17.0 Å². The minimum Gasteiger partial charge on any atom is -0.457 e. The van der Waals surface area contributed by atoms with Gasteiger partial charge in [-0.2, -0.15) is 0 Å². The number of amides is 2. The van der Waals surface area contributed by atoms with E-state index in [2.05, 4.69) is 15.6 Å². The molecule has 2 amide bonds. The number of nitrogens with one attached hydrogen (secondary N) is 2. The van der Waals surface area contributed by atoms with Crippen molar-refractivity contribution in [3.8, 4) is 11.5 Å². The van der Waals surface area contributed by atoms with Gasteiger partial charge in [0.2, 0.25) is 0 Å². The zero-order valence-electron chi connectivity index (χ0n) is 16.6. The molecule has 0 aliphatic carbocycles. The highest BCUT2D eigenvalue weighted by atomic mass is 16.5. The average Bonchev–Trinajstić information content (AvgIpc) is 2.69. The molecule has 0 saturated carbocycles. The van der Waals surface area contributed by atoms with Crippen molar-refractivity contribution in [2.45, 2.75) is 26.3 Å². The molecule has 0 saturated heterocycles. The van der Waals surface area contributed by atoms with Crippen molar-refractivity contribution in [2.75, 3.05) is 5.32 Å². The molecule has 29 heavy (non-hydrogen) atoms. The molecule has 0 bridgehead atoms. The lowest BCUT2D eigenvalue weighted by Gasteiger charge is -2.20. The van der Waals surface area contributed by atoms with Crippen LogP contribution in [0.15, 0.2) is 72.9 Å². The average molecular weight is 389 g/mol. The second-order valence-electron chi connectivity index (χ2n) is 7.53. The predicted molar refractivity (Wildman–Crippen MR) is 112 cm³/mol. The van der Waals surface area contributed by atoms with Crippen molar-refractivity contribution in [1.29, 1.82) is 0 Å². The molecule has 1 aromatic heterocycles. The lowest BCUT2D eigenvalue weighted by Crippen LogP contribution is -2.41. The minimum atomic E-state index is -0.388. The molecule has 6 nitrogen and oxygen atoms in total. The van der Waals surface area contributed by atoms with E-state index in [1.54, 1.807) is 30.3 Å². The Balaban J connectivity index is 1.65. The molecule has 0 fully saturated rings. The van der Waals surface area contributed by atoms with Crippen LogP contribution in [0, 0.1) is 0 Å². The van der Waals surface area contributed by atoms with E-state index < -0.39 is 0 Å². The number of rotatable bonds is 5. The minimum absolute atomic E-state index is 0.194. The normalized spacial score (nSPS) is 10.9. The van der Waals surface area contributed by atoms with Crippen molar-refractivity contribution in [2.24, 2.45) is 0 Å². The molecular weight excluding hydrogens is 366 g/mol. The maximum atomic E-state index is 12.5. The molecule has 0 aliphatic heterocycles. The van der Waals surface area contributed by atoms with Crippen LogP contribution in [0.3, 0.4) is 0 Å². The fourth-order valence-electron chi connectivity index (χ4n) is 2.53. The van der Waals surface area contributed by atoms with Gasteiger partial charge in [0.15, 0.2) is 0 Å². The second-order valence-corrected chi connectivity index (χ2v) is 7.53. The zero-order valence-corrected chi connectivity index (χ0v) is 16.6. The van der Waals surface area contributed by atoms with Gasteiger partial charge in [-0.1, -0.05) is 18.2 Å². The largest absolute Gasteiger partial charge is 0.457 e. The Labute approximate surface area is 169 Å². The highest BCUT2D eigenvalue weighted by Gasteiger charge is 2.17. The third kappa shape index (κ3) is 5.90. The first kappa shape index (κ1) is 20.1. The number of carbonyl (C=O) groups excluding carboxylic acids is 2. The number of hydrogen-bond acceptors (Lipinski definition) is 4. The van der Waals surface area contributed by atoms with Gasteiger partial charge in [0.25, 0.3) is 11.8 Å². The summed E-state index contributed by atoms with van der Waals surface area (Å²) in [4.78, 5) is 28.9. The van der Waals surface area contributed by atoms with Crippen LogP contribution in [0.2, 0.25) is 0 Å². The van der Waals surface area contributed by atoms with Gasteiger partial charge in [0, 0.05) is 23.0 Å². The summed E-state index contributed by atoms with van der Waals surface area (Å²) in [6.07, 6.45) is 1.45. The summed E-state index contributed by atoms with van der Waals surface area (Å²) in [5.74, 6) is 0.755. The number of nitrogens with zero attached hydrogens (tertiary/aromatic N) is 1. The maximum Gasteiger partial charge on any atom is 0.270 e. The molecule has 0 radical (unpaired) electrons. The van der Waals surface area contributed by atoms with Crippen LogP contribution >= 0.6 is 0 Å². The number of ether oxygens (including phenoxy) is 1. The maximum absolute atomic E-state index is 12.5.